The van der Waals surface area contributed by atoms with Crippen molar-refractivity contribution in [1.29, 1.82) is 0 Å². The van der Waals surface area contributed by atoms with Crippen molar-refractivity contribution < 1.29 is 27.4 Å². The van der Waals surface area contributed by atoms with Gasteiger partial charge in [-0.25, -0.2) is 8.42 Å². The molecule has 0 unspecified atom stereocenters. The molecule has 4 rings (SSSR count). The number of anilines is 1. The number of nitrogens with zero attached hydrogens (tertiary/aromatic N) is 1. The van der Waals surface area contributed by atoms with Gasteiger partial charge in [0.05, 0.1) is 23.8 Å². The number of hydrogen-bond acceptors (Lipinski definition) is 6. The van der Waals surface area contributed by atoms with Gasteiger partial charge in [0.25, 0.3) is 5.91 Å². The molecule has 1 N–H and O–H groups in total. The molecular weight excluding hydrogens is 468 g/mol. The number of carbonyl (C=O) groups is 1. The van der Waals surface area contributed by atoms with Crippen molar-refractivity contribution in [1.82, 2.24) is 4.31 Å². The lowest BCUT2D eigenvalue weighted by molar-refractivity contribution is -0.118. The molecule has 0 bridgehead atoms. The van der Waals surface area contributed by atoms with Crippen LogP contribution in [0.2, 0.25) is 0 Å². The molecule has 1 amide bonds. The fourth-order valence-electron chi connectivity index (χ4n) is 3.70. The second-order valence-corrected chi connectivity index (χ2v) is 10.1. The Kier molecular flexibility index (Phi) is 7.70. The van der Waals surface area contributed by atoms with Crippen molar-refractivity contribution in [3.05, 3.63) is 77.9 Å². The van der Waals surface area contributed by atoms with E-state index in [1.807, 2.05) is 50.2 Å². The summed E-state index contributed by atoms with van der Waals surface area (Å²) in [7, 11) is -3.76. The van der Waals surface area contributed by atoms with Gasteiger partial charge in [0.1, 0.15) is 11.5 Å². The van der Waals surface area contributed by atoms with E-state index in [9.17, 15) is 13.2 Å². The number of aryl methyl sites for hydroxylation is 2. The molecule has 8 nitrogen and oxygen atoms in total. The normalized spacial score (nSPS) is 14.3. The molecule has 1 heterocycles. The van der Waals surface area contributed by atoms with Crippen LogP contribution in [0.3, 0.4) is 0 Å². The standard InChI is InChI=1S/C26H28N2O6S/c1-19-8-10-24(20(2)16-19)33-18-26(29)27-23-17-22(35(30,31)28-12-14-32-15-13-28)9-11-25(23)34-21-6-4-3-5-7-21/h3-11,16-17H,12-15,18H2,1-2H3,(H,27,29). The number of benzene rings is 3. The summed E-state index contributed by atoms with van der Waals surface area (Å²) in [5, 5.41) is 2.75. The van der Waals surface area contributed by atoms with Crippen LogP contribution in [0.15, 0.2) is 71.6 Å². The van der Waals surface area contributed by atoms with Crippen LogP contribution in [0, 0.1) is 13.8 Å². The smallest absolute Gasteiger partial charge is 0.262 e. The summed E-state index contributed by atoms with van der Waals surface area (Å²) in [6.45, 7) is 4.88. The fraction of sp³-hybridized carbons (Fsp3) is 0.269. The third-order valence-electron chi connectivity index (χ3n) is 5.49. The number of rotatable bonds is 8. The predicted molar refractivity (Wildman–Crippen MR) is 133 cm³/mol. The van der Waals surface area contributed by atoms with Gasteiger partial charge in [0, 0.05) is 13.1 Å². The van der Waals surface area contributed by atoms with Crippen LogP contribution in [0.4, 0.5) is 5.69 Å². The number of hydrogen-bond donors (Lipinski definition) is 1. The highest BCUT2D eigenvalue weighted by molar-refractivity contribution is 7.89. The lowest BCUT2D eigenvalue weighted by atomic mass is 10.1. The molecule has 0 aromatic heterocycles. The van der Waals surface area contributed by atoms with Crippen LogP contribution in [-0.2, 0) is 19.6 Å². The zero-order valence-electron chi connectivity index (χ0n) is 19.7. The Balaban J connectivity index is 1.57. The van der Waals surface area contributed by atoms with Gasteiger partial charge in [-0.15, -0.1) is 0 Å². The van der Waals surface area contributed by atoms with Gasteiger partial charge in [-0.1, -0.05) is 35.9 Å². The molecule has 0 aliphatic carbocycles. The Morgan fingerprint density at radius 1 is 0.971 bits per heavy atom. The molecule has 184 valence electrons. The number of nitrogens with one attached hydrogen (secondary N) is 1. The minimum Gasteiger partial charge on any atom is -0.483 e. The Morgan fingerprint density at radius 3 is 2.40 bits per heavy atom. The molecule has 0 atom stereocenters. The van der Waals surface area contributed by atoms with E-state index in [0.717, 1.165) is 11.1 Å². The molecule has 1 aliphatic heterocycles. The molecule has 0 saturated carbocycles. The monoisotopic (exact) mass is 496 g/mol. The minimum atomic E-state index is -3.76. The van der Waals surface area contributed by atoms with E-state index in [4.69, 9.17) is 14.2 Å². The molecule has 1 aliphatic rings. The predicted octanol–water partition coefficient (Wildman–Crippen LogP) is 4.13. The molecule has 1 fully saturated rings. The zero-order chi connectivity index (χ0) is 24.8. The fourth-order valence-corrected chi connectivity index (χ4v) is 5.13. The van der Waals surface area contributed by atoms with E-state index < -0.39 is 15.9 Å². The molecule has 3 aromatic rings. The maximum Gasteiger partial charge on any atom is 0.262 e. The average molecular weight is 497 g/mol. The summed E-state index contributed by atoms with van der Waals surface area (Å²) in [6.07, 6.45) is 0. The van der Waals surface area contributed by atoms with E-state index in [0.29, 0.717) is 30.5 Å². The maximum absolute atomic E-state index is 13.2. The lowest BCUT2D eigenvalue weighted by Gasteiger charge is -2.26. The van der Waals surface area contributed by atoms with Crippen LogP contribution in [-0.4, -0.2) is 51.5 Å². The van der Waals surface area contributed by atoms with Gasteiger partial charge in [-0.3, -0.25) is 4.79 Å². The second kappa shape index (κ2) is 10.9. The van der Waals surface area contributed by atoms with Crippen LogP contribution in [0.25, 0.3) is 0 Å². The third-order valence-corrected chi connectivity index (χ3v) is 7.39. The number of morpholine rings is 1. The van der Waals surface area contributed by atoms with E-state index in [-0.39, 0.29) is 30.3 Å². The first-order valence-electron chi connectivity index (χ1n) is 11.3. The summed E-state index contributed by atoms with van der Waals surface area (Å²) in [4.78, 5) is 12.8. The number of carbonyl (C=O) groups excluding carboxylic acids is 1. The number of para-hydroxylation sites is 1. The van der Waals surface area contributed by atoms with E-state index in [1.54, 1.807) is 18.2 Å². The number of ether oxygens (including phenoxy) is 3. The Hall–Kier alpha value is -3.40. The highest BCUT2D eigenvalue weighted by atomic mass is 32.2. The topological polar surface area (TPSA) is 94.2 Å². The Morgan fingerprint density at radius 2 is 1.69 bits per heavy atom. The van der Waals surface area contributed by atoms with Crippen molar-refractivity contribution in [2.45, 2.75) is 18.7 Å². The SMILES string of the molecule is Cc1ccc(OCC(=O)Nc2cc(S(=O)(=O)N3CCOCC3)ccc2Oc2ccccc2)c(C)c1. The molecule has 9 heteroatoms. The summed E-state index contributed by atoms with van der Waals surface area (Å²) >= 11 is 0. The van der Waals surface area contributed by atoms with E-state index in [2.05, 4.69) is 5.32 Å². The average Bonchev–Trinajstić information content (AvgIpc) is 2.85. The largest absolute Gasteiger partial charge is 0.483 e. The van der Waals surface area contributed by atoms with Crippen molar-refractivity contribution in [2.75, 3.05) is 38.2 Å². The van der Waals surface area contributed by atoms with Gasteiger partial charge in [-0.2, -0.15) is 4.31 Å². The summed E-state index contributed by atoms with van der Waals surface area (Å²) < 4.78 is 44.6. The van der Waals surface area contributed by atoms with E-state index >= 15 is 0 Å². The maximum atomic E-state index is 13.2. The highest BCUT2D eigenvalue weighted by Gasteiger charge is 2.27. The van der Waals surface area contributed by atoms with Crippen LogP contribution < -0.4 is 14.8 Å². The molecule has 0 spiro atoms. The van der Waals surface area contributed by atoms with Crippen LogP contribution >= 0.6 is 0 Å². The Labute approximate surface area is 205 Å². The molecular formula is C26H28N2O6S. The van der Waals surface area contributed by atoms with Gasteiger partial charge >= 0.3 is 0 Å². The number of amides is 1. The first-order valence-corrected chi connectivity index (χ1v) is 12.7. The zero-order valence-corrected chi connectivity index (χ0v) is 20.5. The Bertz CT molecular complexity index is 1290. The van der Waals surface area contributed by atoms with Gasteiger partial charge in [-0.05, 0) is 55.8 Å². The molecule has 3 aromatic carbocycles. The molecule has 0 radical (unpaired) electrons. The van der Waals surface area contributed by atoms with Crippen molar-refractivity contribution in [2.24, 2.45) is 0 Å². The number of sulfonamides is 1. The van der Waals surface area contributed by atoms with Crippen molar-refractivity contribution >= 4 is 21.6 Å². The highest BCUT2D eigenvalue weighted by Crippen LogP contribution is 2.33. The van der Waals surface area contributed by atoms with Crippen LogP contribution in [0.5, 0.6) is 17.2 Å². The first kappa shape index (κ1) is 24.7. The molecule has 35 heavy (non-hydrogen) atoms. The van der Waals surface area contributed by atoms with Gasteiger partial charge in [0.15, 0.2) is 12.4 Å². The minimum absolute atomic E-state index is 0.0606. The summed E-state index contributed by atoms with van der Waals surface area (Å²) in [6, 6.07) is 19.2. The van der Waals surface area contributed by atoms with Gasteiger partial charge in [0.2, 0.25) is 10.0 Å². The first-order chi connectivity index (χ1) is 16.8. The molecule has 1 saturated heterocycles. The third kappa shape index (κ3) is 6.19. The van der Waals surface area contributed by atoms with Gasteiger partial charge < -0.3 is 19.5 Å². The second-order valence-electron chi connectivity index (χ2n) is 8.20. The van der Waals surface area contributed by atoms with Crippen LogP contribution in [0.1, 0.15) is 11.1 Å². The van der Waals surface area contributed by atoms with Crippen molar-refractivity contribution in [3.8, 4) is 17.2 Å². The summed E-state index contributed by atoms with van der Waals surface area (Å²) in [5.74, 6) is 1.04. The quantitative estimate of drug-likeness (QED) is 0.504. The van der Waals surface area contributed by atoms with Crippen molar-refractivity contribution in [3.63, 3.8) is 0 Å². The lowest BCUT2D eigenvalue weighted by Crippen LogP contribution is -2.40. The van der Waals surface area contributed by atoms with E-state index in [1.165, 1.54) is 16.4 Å². The summed E-state index contributed by atoms with van der Waals surface area (Å²) in [5.41, 5.74) is 2.25.